The van der Waals surface area contributed by atoms with Crippen molar-refractivity contribution in [2.75, 3.05) is 6.54 Å². The lowest BCUT2D eigenvalue weighted by atomic mass is 10.3. The van der Waals surface area contributed by atoms with E-state index in [4.69, 9.17) is 0 Å². The van der Waals surface area contributed by atoms with Crippen molar-refractivity contribution in [1.29, 1.82) is 0 Å². The molecule has 102 valence electrons. The Morgan fingerprint density at radius 1 is 1.37 bits per heavy atom. The molecule has 0 aliphatic rings. The van der Waals surface area contributed by atoms with Crippen molar-refractivity contribution in [3.8, 4) is 0 Å². The van der Waals surface area contributed by atoms with Crippen molar-refractivity contribution in [1.82, 2.24) is 15.6 Å². The van der Waals surface area contributed by atoms with E-state index in [9.17, 15) is 4.79 Å². The summed E-state index contributed by atoms with van der Waals surface area (Å²) in [6.45, 7) is 5.32. The number of nitrogens with zero attached hydrogens (tertiary/aromatic N) is 1. The lowest BCUT2D eigenvalue weighted by Gasteiger charge is -2.08. The molecule has 1 amide bonds. The highest BCUT2D eigenvalue weighted by Gasteiger charge is 2.04. The van der Waals surface area contributed by atoms with E-state index in [2.05, 4.69) is 21.7 Å². The van der Waals surface area contributed by atoms with E-state index in [-0.39, 0.29) is 11.9 Å². The number of carbonyl (C=O) groups excluding carboxylic acids is 1. The second kappa shape index (κ2) is 6.63. The van der Waals surface area contributed by atoms with Gasteiger partial charge in [0.2, 0.25) is 5.91 Å². The van der Waals surface area contributed by atoms with Gasteiger partial charge in [0.1, 0.15) is 5.01 Å². The van der Waals surface area contributed by atoms with Gasteiger partial charge in [-0.1, -0.05) is 12.1 Å². The van der Waals surface area contributed by atoms with Crippen LogP contribution >= 0.6 is 11.3 Å². The Morgan fingerprint density at radius 3 is 2.89 bits per heavy atom. The van der Waals surface area contributed by atoms with Crippen LogP contribution in [0.3, 0.4) is 0 Å². The van der Waals surface area contributed by atoms with Gasteiger partial charge in [-0.15, -0.1) is 11.3 Å². The van der Waals surface area contributed by atoms with Crippen LogP contribution in [0.1, 0.15) is 25.3 Å². The molecule has 0 radical (unpaired) electrons. The van der Waals surface area contributed by atoms with E-state index in [0.717, 1.165) is 10.5 Å². The highest BCUT2D eigenvalue weighted by atomic mass is 32.1. The minimum Gasteiger partial charge on any atom is -0.354 e. The van der Waals surface area contributed by atoms with Gasteiger partial charge >= 0.3 is 0 Å². The van der Waals surface area contributed by atoms with Crippen LogP contribution in [0.4, 0.5) is 0 Å². The van der Waals surface area contributed by atoms with Crippen molar-refractivity contribution in [2.45, 2.75) is 32.9 Å². The van der Waals surface area contributed by atoms with Gasteiger partial charge in [0.25, 0.3) is 0 Å². The van der Waals surface area contributed by atoms with Gasteiger partial charge in [0, 0.05) is 25.6 Å². The van der Waals surface area contributed by atoms with Crippen molar-refractivity contribution < 1.29 is 4.79 Å². The summed E-state index contributed by atoms with van der Waals surface area (Å²) < 4.78 is 1.21. The summed E-state index contributed by atoms with van der Waals surface area (Å²) in [5.41, 5.74) is 1.04. The summed E-state index contributed by atoms with van der Waals surface area (Å²) in [5.74, 6) is 0.0896. The minimum atomic E-state index is 0.0896. The normalized spacial score (nSPS) is 11.1. The molecule has 2 rings (SSSR count). The molecule has 0 fully saturated rings. The fraction of sp³-hybridized carbons (Fsp3) is 0.429. The van der Waals surface area contributed by atoms with Gasteiger partial charge in [-0.05, 0) is 26.0 Å². The first kappa shape index (κ1) is 14.0. The number of amides is 1. The monoisotopic (exact) mass is 277 g/mol. The molecular formula is C14H19N3OS. The first-order valence-corrected chi connectivity index (χ1v) is 7.31. The number of fused-ring (bicyclic) bond motifs is 1. The van der Waals surface area contributed by atoms with E-state index >= 15 is 0 Å². The quantitative estimate of drug-likeness (QED) is 0.797. The second-order valence-electron chi connectivity index (χ2n) is 4.72. The molecule has 0 aliphatic carbocycles. The van der Waals surface area contributed by atoms with Crippen molar-refractivity contribution in [2.24, 2.45) is 0 Å². The van der Waals surface area contributed by atoms with Crippen molar-refractivity contribution in [3.05, 3.63) is 29.3 Å². The first-order chi connectivity index (χ1) is 9.15. The first-order valence-electron chi connectivity index (χ1n) is 6.49. The van der Waals surface area contributed by atoms with Crippen LogP contribution in [0.5, 0.6) is 0 Å². The van der Waals surface area contributed by atoms with Gasteiger partial charge in [0.05, 0.1) is 10.2 Å². The molecule has 5 heteroatoms. The van der Waals surface area contributed by atoms with E-state index < -0.39 is 0 Å². The smallest absolute Gasteiger partial charge is 0.221 e. The van der Waals surface area contributed by atoms with Gasteiger partial charge in [-0.2, -0.15) is 0 Å². The summed E-state index contributed by atoms with van der Waals surface area (Å²) in [6, 6.07) is 8.32. The van der Waals surface area contributed by atoms with E-state index in [0.29, 0.717) is 19.5 Å². The zero-order valence-corrected chi connectivity index (χ0v) is 12.1. The van der Waals surface area contributed by atoms with Gasteiger partial charge in [-0.25, -0.2) is 4.98 Å². The third-order valence-electron chi connectivity index (χ3n) is 2.59. The van der Waals surface area contributed by atoms with E-state index in [1.165, 1.54) is 4.70 Å². The molecular weight excluding hydrogens is 258 g/mol. The maximum absolute atomic E-state index is 11.4. The number of rotatable bonds is 6. The highest BCUT2D eigenvalue weighted by molar-refractivity contribution is 7.18. The maximum atomic E-state index is 11.4. The van der Waals surface area contributed by atoms with Crippen LogP contribution in [-0.4, -0.2) is 23.5 Å². The molecule has 1 aromatic heterocycles. The van der Waals surface area contributed by atoms with Crippen LogP contribution in [0.15, 0.2) is 24.3 Å². The molecule has 4 nitrogen and oxygen atoms in total. The molecule has 1 aromatic carbocycles. The lowest BCUT2D eigenvalue weighted by molar-refractivity contribution is -0.121. The standard InChI is InChI=1S/C14H19N3OS/c1-10(2)16-13(18)7-8-15-9-14-17-11-5-3-4-6-12(11)19-14/h3-6,10,15H,7-9H2,1-2H3,(H,16,18). The maximum Gasteiger partial charge on any atom is 0.221 e. The van der Waals surface area contributed by atoms with Gasteiger partial charge in [0.15, 0.2) is 0 Å². The molecule has 2 aromatic rings. The number of benzene rings is 1. The average Bonchev–Trinajstić information content (AvgIpc) is 2.76. The number of hydrogen-bond acceptors (Lipinski definition) is 4. The van der Waals surface area contributed by atoms with E-state index in [1.807, 2.05) is 32.0 Å². The molecule has 0 aliphatic heterocycles. The number of para-hydroxylation sites is 1. The largest absolute Gasteiger partial charge is 0.354 e. The highest BCUT2D eigenvalue weighted by Crippen LogP contribution is 2.21. The number of nitrogens with one attached hydrogen (secondary N) is 2. The molecule has 0 atom stereocenters. The minimum absolute atomic E-state index is 0.0896. The fourth-order valence-corrected chi connectivity index (χ4v) is 2.72. The Balaban J connectivity index is 1.75. The Morgan fingerprint density at radius 2 is 2.16 bits per heavy atom. The average molecular weight is 277 g/mol. The van der Waals surface area contributed by atoms with Crippen LogP contribution in [-0.2, 0) is 11.3 Å². The van der Waals surface area contributed by atoms with Crippen LogP contribution < -0.4 is 10.6 Å². The number of hydrogen-bond donors (Lipinski definition) is 2. The Kier molecular flexibility index (Phi) is 4.87. The van der Waals surface area contributed by atoms with Gasteiger partial charge in [-0.3, -0.25) is 4.79 Å². The Labute approximate surface area is 117 Å². The van der Waals surface area contributed by atoms with Crippen LogP contribution in [0.2, 0.25) is 0 Å². The Hall–Kier alpha value is -1.46. The van der Waals surface area contributed by atoms with E-state index in [1.54, 1.807) is 11.3 Å². The summed E-state index contributed by atoms with van der Waals surface area (Å²) in [7, 11) is 0. The number of thiazole rings is 1. The van der Waals surface area contributed by atoms with Crippen molar-refractivity contribution in [3.63, 3.8) is 0 Å². The Bertz CT molecular complexity index is 517. The third kappa shape index (κ3) is 4.29. The zero-order valence-electron chi connectivity index (χ0n) is 11.3. The topological polar surface area (TPSA) is 54.0 Å². The summed E-state index contributed by atoms with van der Waals surface area (Å²) in [6.07, 6.45) is 0.503. The number of aromatic nitrogens is 1. The molecule has 2 N–H and O–H groups in total. The van der Waals surface area contributed by atoms with Crippen LogP contribution in [0, 0.1) is 0 Å². The number of carbonyl (C=O) groups is 1. The molecule has 19 heavy (non-hydrogen) atoms. The molecule has 0 spiro atoms. The molecule has 0 saturated carbocycles. The van der Waals surface area contributed by atoms with Gasteiger partial charge < -0.3 is 10.6 Å². The molecule has 1 heterocycles. The predicted molar refractivity (Wildman–Crippen MR) is 79.2 cm³/mol. The summed E-state index contributed by atoms with van der Waals surface area (Å²) in [5, 5.41) is 7.19. The fourth-order valence-electron chi connectivity index (χ4n) is 1.79. The molecule has 0 saturated heterocycles. The SMILES string of the molecule is CC(C)NC(=O)CCNCc1nc2ccccc2s1. The van der Waals surface area contributed by atoms with Crippen molar-refractivity contribution >= 4 is 27.5 Å². The second-order valence-corrected chi connectivity index (χ2v) is 5.84. The summed E-state index contributed by atoms with van der Waals surface area (Å²) >= 11 is 1.69. The third-order valence-corrected chi connectivity index (χ3v) is 3.63. The molecule has 0 bridgehead atoms. The zero-order chi connectivity index (χ0) is 13.7. The molecule has 0 unspecified atom stereocenters. The summed E-state index contributed by atoms with van der Waals surface area (Å²) in [4.78, 5) is 16.0. The lowest BCUT2D eigenvalue weighted by Crippen LogP contribution is -2.32. The van der Waals surface area contributed by atoms with Crippen LogP contribution in [0.25, 0.3) is 10.2 Å². The predicted octanol–water partition coefficient (Wildman–Crippen LogP) is 2.30.